The largest absolute Gasteiger partial charge is 0.383 e. The third-order valence-corrected chi connectivity index (χ3v) is 4.82. The van der Waals surface area contributed by atoms with E-state index in [1.54, 1.807) is 0 Å². The summed E-state index contributed by atoms with van der Waals surface area (Å²) in [7, 11) is 0. The van der Waals surface area contributed by atoms with Crippen LogP contribution in [-0.2, 0) is 0 Å². The molecule has 2 rings (SSSR count). The highest BCUT2D eigenvalue weighted by Gasteiger charge is 2.18. The first-order valence-corrected chi connectivity index (χ1v) is 6.86. The van der Waals surface area contributed by atoms with E-state index in [2.05, 4.69) is 15.9 Å². The molecule has 0 aliphatic carbocycles. The molecule has 1 N–H and O–H groups in total. The van der Waals surface area contributed by atoms with E-state index in [0.29, 0.717) is 9.90 Å². The van der Waals surface area contributed by atoms with Crippen LogP contribution in [0.2, 0.25) is 5.02 Å². The lowest BCUT2D eigenvalue weighted by Gasteiger charge is -2.10. The van der Waals surface area contributed by atoms with Gasteiger partial charge in [-0.3, -0.25) is 0 Å². The Morgan fingerprint density at radius 1 is 1.41 bits per heavy atom. The van der Waals surface area contributed by atoms with E-state index in [0.717, 1.165) is 9.35 Å². The van der Waals surface area contributed by atoms with Crippen LogP contribution < -0.4 is 0 Å². The molecule has 5 heteroatoms. The maximum atomic E-state index is 13.6. The molecule has 1 unspecified atom stereocenters. The molecule has 2 aromatic rings. The monoisotopic (exact) mass is 334 g/mol. The number of benzene rings is 1. The quantitative estimate of drug-likeness (QED) is 0.844. The van der Waals surface area contributed by atoms with Crippen LogP contribution in [0.25, 0.3) is 0 Å². The van der Waals surface area contributed by atoms with Crippen molar-refractivity contribution in [2.45, 2.75) is 13.0 Å². The van der Waals surface area contributed by atoms with Gasteiger partial charge in [0, 0.05) is 15.5 Å². The third-order valence-electron chi connectivity index (χ3n) is 2.40. The minimum atomic E-state index is -0.983. The molecule has 1 aromatic heterocycles. The molecule has 0 spiro atoms. The molecule has 1 nitrogen and oxygen atoms in total. The third kappa shape index (κ3) is 2.71. The molecular formula is C12H9BrClFOS. The molecule has 0 aliphatic heterocycles. The van der Waals surface area contributed by atoms with Crippen LogP contribution in [0.5, 0.6) is 0 Å². The molecule has 0 fully saturated rings. The predicted octanol–water partition coefficient (Wildman–Crippen LogP) is 4.69. The summed E-state index contributed by atoms with van der Waals surface area (Å²) in [4.78, 5) is 0.690. The fraction of sp³-hybridized carbons (Fsp3) is 0.167. The zero-order valence-corrected chi connectivity index (χ0v) is 12.0. The molecule has 0 bridgehead atoms. The van der Waals surface area contributed by atoms with Gasteiger partial charge in [-0.05, 0) is 52.7 Å². The summed E-state index contributed by atoms with van der Waals surface area (Å²) in [6.45, 7) is 1.92. The van der Waals surface area contributed by atoms with E-state index in [9.17, 15) is 9.50 Å². The van der Waals surface area contributed by atoms with Crippen molar-refractivity contribution in [1.82, 2.24) is 0 Å². The summed E-state index contributed by atoms with van der Waals surface area (Å²) in [5.41, 5.74) is 1.22. The van der Waals surface area contributed by atoms with Crippen LogP contribution in [0.3, 0.4) is 0 Å². The van der Waals surface area contributed by atoms with E-state index >= 15 is 0 Å². The van der Waals surface area contributed by atoms with Crippen LogP contribution in [0.1, 0.15) is 22.1 Å². The summed E-state index contributed by atoms with van der Waals surface area (Å²) in [5, 5.41) is 10.5. The van der Waals surface area contributed by atoms with Crippen LogP contribution in [0.15, 0.2) is 28.1 Å². The minimum Gasteiger partial charge on any atom is -0.383 e. The predicted molar refractivity (Wildman–Crippen MR) is 72.2 cm³/mol. The molecule has 0 saturated heterocycles. The van der Waals surface area contributed by atoms with Gasteiger partial charge in [0.1, 0.15) is 11.9 Å². The van der Waals surface area contributed by atoms with E-state index < -0.39 is 11.9 Å². The number of aryl methyl sites for hydroxylation is 1. The van der Waals surface area contributed by atoms with Crippen molar-refractivity contribution in [1.29, 1.82) is 0 Å². The van der Waals surface area contributed by atoms with Crippen LogP contribution >= 0.6 is 38.9 Å². The number of halogens is 3. The second-order valence-electron chi connectivity index (χ2n) is 3.67. The molecule has 0 saturated carbocycles. The second kappa shape index (κ2) is 5.06. The van der Waals surface area contributed by atoms with E-state index in [4.69, 9.17) is 11.6 Å². The Labute approximate surface area is 116 Å². The summed E-state index contributed by atoms with van der Waals surface area (Å²) in [6.07, 6.45) is -0.983. The SMILES string of the molecule is Cc1cc(C(O)c2cc(Cl)ccc2F)sc1Br. The van der Waals surface area contributed by atoms with Crippen molar-refractivity contribution >= 4 is 38.9 Å². The maximum absolute atomic E-state index is 13.6. The first-order chi connectivity index (χ1) is 7.99. The molecule has 1 heterocycles. The number of aliphatic hydroxyl groups excluding tert-OH is 1. The zero-order chi connectivity index (χ0) is 12.6. The second-order valence-corrected chi connectivity index (χ2v) is 6.51. The average molecular weight is 336 g/mol. The summed E-state index contributed by atoms with van der Waals surface area (Å²) < 4.78 is 14.5. The fourth-order valence-electron chi connectivity index (χ4n) is 1.50. The fourth-order valence-corrected chi connectivity index (χ4v) is 3.25. The minimum absolute atomic E-state index is 0.200. The Hall–Kier alpha value is -0.420. The van der Waals surface area contributed by atoms with Crippen LogP contribution in [0.4, 0.5) is 4.39 Å². The number of hydrogen-bond donors (Lipinski definition) is 1. The Morgan fingerprint density at radius 2 is 2.12 bits per heavy atom. The van der Waals surface area contributed by atoms with Crippen molar-refractivity contribution in [3.8, 4) is 0 Å². The van der Waals surface area contributed by atoms with Crippen LogP contribution in [-0.4, -0.2) is 5.11 Å². The van der Waals surface area contributed by atoms with Gasteiger partial charge in [0.25, 0.3) is 0 Å². The van der Waals surface area contributed by atoms with Crippen molar-refractivity contribution in [3.05, 3.63) is 54.9 Å². The molecule has 0 radical (unpaired) electrons. The Kier molecular flexibility index (Phi) is 3.88. The van der Waals surface area contributed by atoms with E-state index in [1.165, 1.54) is 29.5 Å². The molecule has 0 aliphatic rings. The highest BCUT2D eigenvalue weighted by Crippen LogP contribution is 2.35. The lowest BCUT2D eigenvalue weighted by atomic mass is 10.1. The summed E-state index contributed by atoms with van der Waals surface area (Å²) in [5.74, 6) is -0.455. The topological polar surface area (TPSA) is 20.2 Å². The smallest absolute Gasteiger partial charge is 0.129 e. The Balaban J connectivity index is 2.42. The molecule has 90 valence electrons. The van der Waals surface area contributed by atoms with E-state index in [-0.39, 0.29) is 5.56 Å². The lowest BCUT2D eigenvalue weighted by molar-refractivity contribution is 0.218. The number of rotatable bonds is 2. The van der Waals surface area contributed by atoms with Gasteiger partial charge in [-0.1, -0.05) is 11.6 Å². The lowest BCUT2D eigenvalue weighted by Crippen LogP contribution is -2.00. The maximum Gasteiger partial charge on any atom is 0.129 e. The van der Waals surface area contributed by atoms with Crippen molar-refractivity contribution in [2.24, 2.45) is 0 Å². The van der Waals surface area contributed by atoms with Gasteiger partial charge < -0.3 is 5.11 Å². The number of thiophene rings is 1. The molecule has 1 aromatic carbocycles. The first kappa shape index (κ1) is 13.0. The molecule has 1 atom stereocenters. The summed E-state index contributed by atoms with van der Waals surface area (Å²) >= 11 is 10.6. The summed E-state index contributed by atoms with van der Waals surface area (Å²) in [6, 6.07) is 6.00. The standard InChI is InChI=1S/C12H9BrClFOS/c1-6-4-10(17-12(6)13)11(16)8-5-7(14)2-3-9(8)15/h2-5,11,16H,1H3. The van der Waals surface area contributed by atoms with Gasteiger partial charge in [0.05, 0.1) is 3.79 Å². The average Bonchev–Trinajstić information content (AvgIpc) is 2.62. The zero-order valence-electron chi connectivity index (χ0n) is 8.88. The normalized spacial score (nSPS) is 12.8. The Morgan fingerprint density at radius 3 is 2.71 bits per heavy atom. The van der Waals surface area contributed by atoms with Gasteiger partial charge in [-0.25, -0.2) is 4.39 Å². The van der Waals surface area contributed by atoms with Gasteiger partial charge in [0.15, 0.2) is 0 Å². The van der Waals surface area contributed by atoms with E-state index in [1.807, 2.05) is 13.0 Å². The molecular weight excluding hydrogens is 327 g/mol. The molecule has 0 amide bonds. The first-order valence-electron chi connectivity index (χ1n) is 4.88. The molecule has 17 heavy (non-hydrogen) atoms. The number of hydrogen-bond acceptors (Lipinski definition) is 2. The number of aliphatic hydroxyl groups is 1. The van der Waals surface area contributed by atoms with Crippen molar-refractivity contribution in [2.75, 3.05) is 0 Å². The van der Waals surface area contributed by atoms with Crippen molar-refractivity contribution < 1.29 is 9.50 Å². The van der Waals surface area contributed by atoms with Crippen LogP contribution in [0, 0.1) is 12.7 Å². The van der Waals surface area contributed by atoms with Gasteiger partial charge in [-0.2, -0.15) is 0 Å². The van der Waals surface area contributed by atoms with Gasteiger partial charge in [-0.15, -0.1) is 11.3 Å². The van der Waals surface area contributed by atoms with Gasteiger partial charge >= 0.3 is 0 Å². The highest BCUT2D eigenvalue weighted by atomic mass is 79.9. The highest BCUT2D eigenvalue weighted by molar-refractivity contribution is 9.11. The Bertz CT molecular complexity index is 536. The van der Waals surface area contributed by atoms with Gasteiger partial charge in [0.2, 0.25) is 0 Å². The van der Waals surface area contributed by atoms with Crippen molar-refractivity contribution in [3.63, 3.8) is 0 Å².